The van der Waals surface area contributed by atoms with Crippen LogP contribution in [-0.2, 0) is 6.54 Å². The lowest BCUT2D eigenvalue weighted by atomic mass is 10.0. The molecule has 1 amide bonds. The number of piperazine rings is 1. The number of carbonyl (C=O) groups is 1. The van der Waals surface area contributed by atoms with Crippen molar-refractivity contribution in [1.29, 1.82) is 0 Å². The lowest BCUT2D eigenvalue weighted by molar-refractivity contribution is -0.917. The molecule has 4 nitrogen and oxygen atoms in total. The Morgan fingerprint density at radius 2 is 1.67 bits per heavy atom. The smallest absolute Gasteiger partial charge is 0.254 e. The molecule has 0 aromatic heterocycles. The molecule has 1 fully saturated rings. The molecule has 0 atom stereocenters. The largest absolute Gasteiger partial charge is 0.497 e. The van der Waals surface area contributed by atoms with Gasteiger partial charge in [0.15, 0.2) is 0 Å². The first-order valence-electron chi connectivity index (χ1n) is 9.48. The minimum absolute atomic E-state index is 0.113. The second-order valence-corrected chi connectivity index (χ2v) is 7.09. The average Bonchev–Trinajstić information content (AvgIpc) is 2.74. The van der Waals surface area contributed by atoms with Crippen LogP contribution in [0.4, 0.5) is 0 Å². The van der Waals surface area contributed by atoms with Crippen LogP contribution in [0.3, 0.4) is 0 Å². The quantitative estimate of drug-likeness (QED) is 0.774. The second kappa shape index (κ2) is 7.80. The van der Waals surface area contributed by atoms with Crippen LogP contribution < -0.4 is 9.64 Å². The summed E-state index contributed by atoms with van der Waals surface area (Å²) in [6.45, 7) is 4.55. The molecule has 1 saturated heterocycles. The van der Waals surface area contributed by atoms with E-state index in [0.29, 0.717) is 0 Å². The fourth-order valence-electron chi connectivity index (χ4n) is 3.83. The molecule has 3 aromatic rings. The lowest BCUT2D eigenvalue weighted by Crippen LogP contribution is -3.13. The monoisotopic (exact) mass is 361 g/mol. The maximum Gasteiger partial charge on any atom is 0.254 e. The van der Waals surface area contributed by atoms with Crippen LogP contribution in [0.2, 0.25) is 0 Å². The number of hydrogen-bond donors (Lipinski definition) is 1. The van der Waals surface area contributed by atoms with Crippen molar-refractivity contribution in [2.24, 2.45) is 0 Å². The van der Waals surface area contributed by atoms with Crippen molar-refractivity contribution in [3.05, 3.63) is 77.9 Å². The molecule has 0 unspecified atom stereocenters. The molecular weight excluding hydrogens is 336 g/mol. The fraction of sp³-hybridized carbons (Fsp3) is 0.261. The highest BCUT2D eigenvalue weighted by molar-refractivity contribution is 5.94. The van der Waals surface area contributed by atoms with E-state index in [2.05, 4.69) is 42.5 Å². The third kappa shape index (κ3) is 3.81. The van der Waals surface area contributed by atoms with Crippen molar-refractivity contribution in [2.45, 2.75) is 6.54 Å². The summed E-state index contributed by atoms with van der Waals surface area (Å²) in [4.78, 5) is 16.2. The Morgan fingerprint density at radius 3 is 2.41 bits per heavy atom. The van der Waals surface area contributed by atoms with E-state index in [1.807, 2.05) is 29.2 Å². The number of methoxy groups -OCH3 is 1. The molecule has 1 aliphatic rings. The van der Waals surface area contributed by atoms with Gasteiger partial charge in [0.1, 0.15) is 12.3 Å². The number of hydrogen-bond acceptors (Lipinski definition) is 2. The summed E-state index contributed by atoms with van der Waals surface area (Å²) in [5.74, 6) is 0.887. The molecule has 138 valence electrons. The van der Waals surface area contributed by atoms with Gasteiger partial charge >= 0.3 is 0 Å². The summed E-state index contributed by atoms with van der Waals surface area (Å²) in [7, 11) is 1.63. The Labute approximate surface area is 160 Å². The maximum absolute atomic E-state index is 12.7. The maximum atomic E-state index is 12.7. The van der Waals surface area contributed by atoms with Crippen molar-refractivity contribution in [2.75, 3.05) is 33.3 Å². The van der Waals surface area contributed by atoms with Crippen LogP contribution in [0.1, 0.15) is 15.9 Å². The predicted molar refractivity (Wildman–Crippen MR) is 107 cm³/mol. The van der Waals surface area contributed by atoms with Gasteiger partial charge in [-0.3, -0.25) is 4.79 Å². The summed E-state index contributed by atoms with van der Waals surface area (Å²) in [5, 5.41) is 2.63. The summed E-state index contributed by atoms with van der Waals surface area (Å²) >= 11 is 0. The average molecular weight is 361 g/mol. The first-order valence-corrected chi connectivity index (χ1v) is 9.48. The highest BCUT2D eigenvalue weighted by atomic mass is 16.5. The molecule has 0 spiro atoms. The van der Waals surface area contributed by atoms with Gasteiger partial charge in [-0.1, -0.05) is 42.5 Å². The molecule has 0 saturated carbocycles. The summed E-state index contributed by atoms with van der Waals surface area (Å²) in [6.07, 6.45) is 0. The van der Waals surface area contributed by atoms with E-state index in [1.165, 1.54) is 21.2 Å². The third-order valence-corrected chi connectivity index (χ3v) is 5.42. The van der Waals surface area contributed by atoms with Crippen molar-refractivity contribution >= 4 is 16.7 Å². The topological polar surface area (TPSA) is 34.0 Å². The van der Waals surface area contributed by atoms with Crippen molar-refractivity contribution in [3.63, 3.8) is 0 Å². The number of rotatable bonds is 4. The van der Waals surface area contributed by atoms with Crippen LogP contribution >= 0.6 is 0 Å². The Morgan fingerprint density at radius 1 is 0.963 bits per heavy atom. The molecule has 1 N–H and O–H groups in total. The molecular formula is C23H25N2O2+. The van der Waals surface area contributed by atoms with E-state index in [9.17, 15) is 4.79 Å². The van der Waals surface area contributed by atoms with Gasteiger partial charge in [-0.2, -0.15) is 0 Å². The normalized spacial score (nSPS) is 15.1. The number of fused-ring (bicyclic) bond motifs is 1. The number of carbonyl (C=O) groups excluding carboxylic acids is 1. The van der Waals surface area contributed by atoms with Gasteiger partial charge in [0.2, 0.25) is 0 Å². The molecule has 27 heavy (non-hydrogen) atoms. The Balaban J connectivity index is 1.39. The number of nitrogens with zero attached hydrogens (tertiary/aromatic N) is 1. The zero-order valence-corrected chi connectivity index (χ0v) is 15.7. The molecule has 0 bridgehead atoms. The van der Waals surface area contributed by atoms with Crippen molar-refractivity contribution in [1.82, 2.24) is 4.90 Å². The predicted octanol–water partition coefficient (Wildman–Crippen LogP) is 2.39. The number of quaternary nitrogens is 1. The number of ether oxygens (including phenoxy) is 1. The van der Waals surface area contributed by atoms with Gasteiger partial charge in [-0.05, 0) is 35.0 Å². The van der Waals surface area contributed by atoms with Gasteiger partial charge < -0.3 is 14.5 Å². The van der Waals surface area contributed by atoms with Gasteiger partial charge in [0.05, 0.1) is 33.3 Å². The summed E-state index contributed by atoms with van der Waals surface area (Å²) < 4.78 is 5.17. The van der Waals surface area contributed by atoms with Crippen molar-refractivity contribution < 1.29 is 14.4 Å². The third-order valence-electron chi connectivity index (χ3n) is 5.42. The van der Waals surface area contributed by atoms with E-state index in [4.69, 9.17) is 4.74 Å². The summed E-state index contributed by atoms with van der Waals surface area (Å²) in [6, 6.07) is 22.5. The highest BCUT2D eigenvalue weighted by Crippen LogP contribution is 2.18. The van der Waals surface area contributed by atoms with E-state index in [-0.39, 0.29) is 5.91 Å². The molecule has 3 aromatic carbocycles. The SMILES string of the molecule is COc1ccc(C(=O)N2CC[NH+](Cc3cccc4ccccc34)CC2)cc1. The zero-order chi connectivity index (χ0) is 18.6. The number of amides is 1. The van der Waals surface area contributed by atoms with Gasteiger partial charge in [0, 0.05) is 11.1 Å². The van der Waals surface area contributed by atoms with Crippen LogP contribution in [0.25, 0.3) is 10.8 Å². The van der Waals surface area contributed by atoms with Crippen LogP contribution in [0.5, 0.6) is 5.75 Å². The van der Waals surface area contributed by atoms with E-state index in [1.54, 1.807) is 7.11 Å². The van der Waals surface area contributed by atoms with Gasteiger partial charge in [0.25, 0.3) is 5.91 Å². The van der Waals surface area contributed by atoms with E-state index in [0.717, 1.165) is 44.0 Å². The number of benzene rings is 3. The first-order chi connectivity index (χ1) is 13.2. The minimum Gasteiger partial charge on any atom is -0.497 e. The Kier molecular flexibility index (Phi) is 5.07. The molecule has 0 radical (unpaired) electrons. The molecule has 4 heteroatoms. The highest BCUT2D eigenvalue weighted by Gasteiger charge is 2.25. The van der Waals surface area contributed by atoms with Crippen LogP contribution in [-0.4, -0.2) is 44.1 Å². The standard InChI is InChI=1S/C23H24N2O2/c1-27-21-11-9-19(10-12-21)23(26)25-15-13-24(14-16-25)17-20-7-4-6-18-5-2-3-8-22(18)20/h2-12H,13-17H2,1H3/p+1. The Hall–Kier alpha value is -2.85. The summed E-state index contributed by atoms with van der Waals surface area (Å²) in [5.41, 5.74) is 2.12. The lowest BCUT2D eigenvalue weighted by Gasteiger charge is -2.32. The molecule has 4 rings (SSSR count). The molecule has 0 aliphatic carbocycles. The Bertz CT molecular complexity index is 923. The fourth-order valence-corrected chi connectivity index (χ4v) is 3.83. The first kappa shape index (κ1) is 17.6. The van der Waals surface area contributed by atoms with E-state index >= 15 is 0 Å². The van der Waals surface area contributed by atoms with Gasteiger partial charge in [-0.25, -0.2) is 0 Å². The molecule has 1 heterocycles. The minimum atomic E-state index is 0.113. The van der Waals surface area contributed by atoms with Crippen molar-refractivity contribution in [3.8, 4) is 5.75 Å². The number of nitrogens with one attached hydrogen (secondary N) is 1. The zero-order valence-electron chi connectivity index (χ0n) is 15.7. The second-order valence-electron chi connectivity index (χ2n) is 7.09. The van der Waals surface area contributed by atoms with E-state index < -0.39 is 0 Å². The van der Waals surface area contributed by atoms with Crippen LogP contribution in [0, 0.1) is 0 Å². The van der Waals surface area contributed by atoms with Gasteiger partial charge in [-0.15, -0.1) is 0 Å². The molecule has 1 aliphatic heterocycles. The van der Waals surface area contributed by atoms with Crippen LogP contribution in [0.15, 0.2) is 66.7 Å².